The molecule has 5 aromatic rings. The van der Waals surface area contributed by atoms with Crippen LogP contribution in [0.4, 0.5) is 14.5 Å². The van der Waals surface area contributed by atoms with Gasteiger partial charge in [0.2, 0.25) is 5.91 Å². The molecule has 0 radical (unpaired) electrons. The van der Waals surface area contributed by atoms with E-state index in [2.05, 4.69) is 10.3 Å². The molecule has 1 aliphatic rings. The fraction of sp³-hybridized carbons (Fsp3) is 0.111. The zero-order valence-corrected chi connectivity index (χ0v) is 20.4. The molecular formula is C27H20F2N6OS. The molecule has 0 bridgehead atoms. The van der Waals surface area contributed by atoms with Crippen LogP contribution in [-0.2, 0) is 4.79 Å². The second-order valence-electron chi connectivity index (χ2n) is 8.51. The maximum absolute atomic E-state index is 14.8. The molecule has 1 atom stereocenters. The van der Waals surface area contributed by atoms with Crippen LogP contribution in [0.25, 0.3) is 22.8 Å². The van der Waals surface area contributed by atoms with Crippen molar-refractivity contribution in [2.24, 2.45) is 0 Å². The van der Waals surface area contributed by atoms with Gasteiger partial charge in [-0.3, -0.25) is 9.69 Å². The summed E-state index contributed by atoms with van der Waals surface area (Å²) in [6, 6.07) is 22.2. The van der Waals surface area contributed by atoms with Crippen LogP contribution in [0.3, 0.4) is 0 Å². The molecule has 37 heavy (non-hydrogen) atoms. The summed E-state index contributed by atoms with van der Waals surface area (Å²) in [4.78, 5) is 14.3. The van der Waals surface area contributed by atoms with Crippen LogP contribution in [0.1, 0.15) is 16.6 Å². The number of hydrogen-bond donors (Lipinski definition) is 0. The topological polar surface area (TPSA) is 68.8 Å². The Morgan fingerprint density at radius 3 is 2.35 bits per heavy atom. The summed E-state index contributed by atoms with van der Waals surface area (Å²) in [5, 5.41) is 13.0. The van der Waals surface area contributed by atoms with E-state index in [1.807, 2.05) is 73.8 Å². The number of para-hydroxylation sites is 2. The molecule has 0 aliphatic carbocycles. The summed E-state index contributed by atoms with van der Waals surface area (Å²) in [6.07, 6.45) is 1.81. The summed E-state index contributed by atoms with van der Waals surface area (Å²) in [5.74, 6) is -1.50. The Morgan fingerprint density at radius 1 is 0.919 bits per heavy atom. The molecule has 0 spiro atoms. The Bertz CT molecular complexity index is 1600. The van der Waals surface area contributed by atoms with E-state index in [0.717, 1.165) is 35.3 Å². The molecule has 10 heteroatoms. The number of carbonyl (C=O) groups excluding carboxylic acids is 1. The average molecular weight is 515 g/mol. The smallest absolute Gasteiger partial charge is 0.238 e. The standard InChI is InChI=1S/C27H20F2N6OS/c1-17-25(30-32-35(17)20-10-6-3-7-11-20)26-21(15-33(31-26)19-8-4-2-5-9-19)27-34(24(36)16-37-27)23-14-18(28)12-13-22(23)29/h2-15,27H,16H2,1H3. The zero-order chi connectivity index (χ0) is 25.5. The van der Waals surface area contributed by atoms with E-state index < -0.39 is 17.0 Å². The minimum atomic E-state index is -0.676. The lowest BCUT2D eigenvalue weighted by Crippen LogP contribution is -2.29. The highest BCUT2D eigenvalue weighted by atomic mass is 32.2. The second-order valence-corrected chi connectivity index (χ2v) is 9.58. The third-order valence-electron chi connectivity index (χ3n) is 6.18. The van der Waals surface area contributed by atoms with Crippen molar-refractivity contribution in [3.8, 4) is 22.8 Å². The Balaban J connectivity index is 1.52. The van der Waals surface area contributed by atoms with Gasteiger partial charge >= 0.3 is 0 Å². The van der Waals surface area contributed by atoms with Crippen molar-refractivity contribution in [3.05, 3.63) is 108 Å². The molecule has 2 aromatic heterocycles. The fourth-order valence-electron chi connectivity index (χ4n) is 4.41. The molecule has 1 unspecified atom stereocenters. The molecule has 184 valence electrons. The monoisotopic (exact) mass is 514 g/mol. The molecule has 0 N–H and O–H groups in total. The Hall–Kier alpha value is -4.31. The van der Waals surface area contributed by atoms with Crippen molar-refractivity contribution >= 4 is 23.4 Å². The van der Waals surface area contributed by atoms with Crippen LogP contribution < -0.4 is 4.90 Å². The summed E-state index contributed by atoms with van der Waals surface area (Å²) < 4.78 is 32.3. The highest BCUT2D eigenvalue weighted by Gasteiger charge is 2.39. The van der Waals surface area contributed by atoms with Gasteiger partial charge in [0.25, 0.3) is 0 Å². The van der Waals surface area contributed by atoms with Crippen LogP contribution in [0.2, 0.25) is 0 Å². The van der Waals surface area contributed by atoms with Crippen molar-refractivity contribution in [3.63, 3.8) is 0 Å². The molecule has 0 saturated carbocycles. The minimum Gasteiger partial charge on any atom is -0.292 e. The molecule has 1 aliphatic heterocycles. The Kier molecular flexibility index (Phi) is 5.80. The van der Waals surface area contributed by atoms with Gasteiger partial charge in [0, 0.05) is 17.8 Å². The number of aromatic nitrogens is 5. The quantitative estimate of drug-likeness (QED) is 0.311. The lowest BCUT2D eigenvalue weighted by atomic mass is 10.1. The van der Waals surface area contributed by atoms with Crippen LogP contribution >= 0.6 is 11.8 Å². The van der Waals surface area contributed by atoms with Gasteiger partial charge in [-0.15, -0.1) is 16.9 Å². The maximum Gasteiger partial charge on any atom is 0.238 e. The van der Waals surface area contributed by atoms with Crippen LogP contribution in [0.15, 0.2) is 85.1 Å². The van der Waals surface area contributed by atoms with Gasteiger partial charge in [-0.1, -0.05) is 41.6 Å². The molecule has 3 aromatic carbocycles. The van der Waals surface area contributed by atoms with Gasteiger partial charge in [-0.2, -0.15) is 5.10 Å². The highest BCUT2D eigenvalue weighted by Crippen LogP contribution is 2.46. The van der Waals surface area contributed by atoms with Crippen molar-refractivity contribution in [2.45, 2.75) is 12.3 Å². The molecular weight excluding hydrogens is 494 g/mol. The molecule has 6 rings (SSSR count). The first-order valence-corrected chi connectivity index (χ1v) is 12.6. The first-order chi connectivity index (χ1) is 18.0. The summed E-state index contributed by atoms with van der Waals surface area (Å²) in [6.45, 7) is 1.89. The minimum absolute atomic E-state index is 0.108. The first kappa shape index (κ1) is 23.1. The van der Waals surface area contributed by atoms with E-state index in [9.17, 15) is 13.6 Å². The zero-order valence-electron chi connectivity index (χ0n) is 19.6. The lowest BCUT2D eigenvalue weighted by Gasteiger charge is -2.24. The van der Waals surface area contributed by atoms with Crippen LogP contribution in [0.5, 0.6) is 0 Å². The van der Waals surface area contributed by atoms with E-state index in [1.165, 1.54) is 16.7 Å². The molecule has 7 nitrogen and oxygen atoms in total. The van der Waals surface area contributed by atoms with E-state index in [0.29, 0.717) is 17.0 Å². The molecule has 1 amide bonds. The number of amides is 1. The van der Waals surface area contributed by atoms with Crippen molar-refractivity contribution in [1.82, 2.24) is 24.8 Å². The van der Waals surface area contributed by atoms with Gasteiger partial charge in [-0.05, 0) is 43.3 Å². The summed E-state index contributed by atoms with van der Waals surface area (Å²) in [5.41, 5.74) is 3.99. The van der Waals surface area contributed by atoms with E-state index in [-0.39, 0.29) is 17.3 Å². The van der Waals surface area contributed by atoms with Crippen molar-refractivity contribution < 1.29 is 13.6 Å². The number of hydrogen-bond acceptors (Lipinski definition) is 5. The highest BCUT2D eigenvalue weighted by molar-refractivity contribution is 8.00. The lowest BCUT2D eigenvalue weighted by molar-refractivity contribution is -0.115. The number of carbonyl (C=O) groups is 1. The largest absolute Gasteiger partial charge is 0.292 e. The first-order valence-electron chi connectivity index (χ1n) is 11.5. The normalized spacial score (nSPS) is 15.5. The predicted octanol–water partition coefficient (Wildman–Crippen LogP) is 5.49. The molecule has 3 heterocycles. The summed E-state index contributed by atoms with van der Waals surface area (Å²) in [7, 11) is 0. The molecule has 1 saturated heterocycles. The van der Waals surface area contributed by atoms with Gasteiger partial charge in [0.15, 0.2) is 0 Å². The van der Waals surface area contributed by atoms with E-state index >= 15 is 0 Å². The van der Waals surface area contributed by atoms with Gasteiger partial charge < -0.3 is 0 Å². The third kappa shape index (κ3) is 4.09. The number of anilines is 1. The predicted molar refractivity (Wildman–Crippen MR) is 138 cm³/mol. The van der Waals surface area contributed by atoms with Gasteiger partial charge in [-0.25, -0.2) is 18.1 Å². The number of rotatable bonds is 5. The van der Waals surface area contributed by atoms with Crippen molar-refractivity contribution in [1.29, 1.82) is 0 Å². The Labute approximate surface area is 215 Å². The SMILES string of the molecule is Cc1c(-c2nn(-c3ccccc3)cc2C2SCC(=O)N2c2cc(F)ccc2F)nnn1-c1ccccc1. The Morgan fingerprint density at radius 2 is 1.62 bits per heavy atom. The third-order valence-corrected chi connectivity index (χ3v) is 7.38. The summed E-state index contributed by atoms with van der Waals surface area (Å²) >= 11 is 1.33. The number of benzene rings is 3. The van der Waals surface area contributed by atoms with Crippen molar-refractivity contribution in [2.75, 3.05) is 10.7 Å². The van der Waals surface area contributed by atoms with E-state index in [1.54, 1.807) is 9.36 Å². The van der Waals surface area contributed by atoms with E-state index in [4.69, 9.17) is 5.10 Å². The average Bonchev–Trinajstić information content (AvgIpc) is 3.63. The van der Waals surface area contributed by atoms with Gasteiger partial charge in [0.1, 0.15) is 28.4 Å². The number of halogens is 2. The number of thioether (sulfide) groups is 1. The number of nitrogens with zero attached hydrogens (tertiary/aromatic N) is 6. The van der Waals surface area contributed by atoms with Crippen LogP contribution in [0, 0.1) is 18.6 Å². The molecule has 1 fully saturated rings. The van der Waals surface area contributed by atoms with Crippen LogP contribution in [-0.4, -0.2) is 36.4 Å². The second kappa shape index (κ2) is 9.29. The maximum atomic E-state index is 14.8. The fourth-order valence-corrected chi connectivity index (χ4v) is 5.58. The van der Waals surface area contributed by atoms with Gasteiger partial charge in [0.05, 0.1) is 28.5 Å².